The van der Waals surface area contributed by atoms with Gasteiger partial charge in [-0.1, -0.05) is 13.8 Å². The number of aliphatic carboxylic acids is 1. The summed E-state index contributed by atoms with van der Waals surface area (Å²) in [5.74, 6) is -1.10. The van der Waals surface area contributed by atoms with E-state index in [0.717, 1.165) is 4.68 Å². The van der Waals surface area contributed by atoms with Crippen molar-refractivity contribution in [3.63, 3.8) is 0 Å². The number of aromatic nitrogens is 2. The number of nitrogens with zero attached hydrogens (tertiary/aromatic N) is 2. The predicted octanol–water partition coefficient (Wildman–Crippen LogP) is -0.119. The average Bonchev–Trinajstić information content (AvgIpc) is 2.62. The molecule has 9 heteroatoms. The lowest BCUT2D eigenvalue weighted by atomic mass is 9.96. The third kappa shape index (κ3) is 4.26. The van der Waals surface area contributed by atoms with Crippen molar-refractivity contribution in [2.24, 2.45) is 5.41 Å². The highest BCUT2D eigenvalue weighted by molar-refractivity contribution is 7.89. The molecule has 1 rings (SSSR count). The minimum Gasteiger partial charge on any atom is -0.480 e. The molecule has 0 bridgehead atoms. The molecule has 0 atom stereocenters. The first-order chi connectivity index (χ1) is 9.50. The van der Waals surface area contributed by atoms with E-state index >= 15 is 0 Å². The fourth-order valence-electron chi connectivity index (χ4n) is 1.77. The van der Waals surface area contributed by atoms with E-state index in [0.29, 0.717) is 0 Å². The molecule has 0 unspecified atom stereocenters. The van der Waals surface area contributed by atoms with Crippen molar-refractivity contribution in [2.45, 2.75) is 39.1 Å². The lowest BCUT2D eigenvalue weighted by molar-refractivity contribution is -0.137. The second-order valence-electron chi connectivity index (χ2n) is 5.70. The van der Waals surface area contributed by atoms with Gasteiger partial charge in [-0.2, -0.15) is 5.10 Å². The molecule has 0 radical (unpaired) electrons. The number of rotatable bonds is 7. The number of nitrogens with one attached hydrogen (secondary N) is 1. The molecule has 3 N–H and O–H groups in total. The molecule has 1 aromatic heterocycles. The van der Waals surface area contributed by atoms with E-state index in [1.165, 1.54) is 13.8 Å². The Morgan fingerprint density at radius 1 is 1.38 bits per heavy atom. The van der Waals surface area contributed by atoms with Crippen LogP contribution in [0.3, 0.4) is 0 Å². The van der Waals surface area contributed by atoms with E-state index in [9.17, 15) is 13.2 Å². The number of aliphatic hydroxyl groups is 1. The molecule has 1 aromatic rings. The minimum absolute atomic E-state index is 0.0162. The summed E-state index contributed by atoms with van der Waals surface area (Å²) >= 11 is 0. The van der Waals surface area contributed by atoms with Gasteiger partial charge in [0.2, 0.25) is 10.0 Å². The molecule has 0 aliphatic carbocycles. The normalized spacial score (nSPS) is 12.6. The summed E-state index contributed by atoms with van der Waals surface area (Å²) in [6.07, 6.45) is 0. The third-order valence-electron chi connectivity index (χ3n) is 3.04. The number of sulfonamides is 1. The standard InChI is InChI=1S/C12H21N3O5S/c1-8-11(9(2)15(14-8)5-10(17)18)21(19,20)13-6-12(3,4)7-16/h13,16H,5-7H2,1-4H3,(H,17,18). The molecular formula is C12H21N3O5S. The van der Waals surface area contributed by atoms with E-state index in [1.807, 2.05) is 0 Å². The number of carbonyl (C=O) groups is 1. The molecule has 0 aliphatic heterocycles. The highest BCUT2D eigenvalue weighted by Crippen LogP contribution is 2.20. The summed E-state index contributed by atoms with van der Waals surface area (Å²) in [6.45, 7) is 5.98. The Kier molecular flexibility index (Phi) is 5.13. The number of carboxylic acid groups (broad SMARTS) is 1. The zero-order valence-corrected chi connectivity index (χ0v) is 13.4. The van der Waals surface area contributed by atoms with Crippen molar-refractivity contribution in [1.82, 2.24) is 14.5 Å². The van der Waals surface area contributed by atoms with Crippen molar-refractivity contribution in [3.8, 4) is 0 Å². The van der Waals surface area contributed by atoms with Crippen LogP contribution in [0.15, 0.2) is 4.90 Å². The molecule has 0 spiro atoms. The fraction of sp³-hybridized carbons (Fsp3) is 0.667. The smallest absolute Gasteiger partial charge is 0.325 e. The molecule has 0 saturated carbocycles. The van der Waals surface area contributed by atoms with Gasteiger partial charge >= 0.3 is 5.97 Å². The molecule has 120 valence electrons. The largest absolute Gasteiger partial charge is 0.480 e. The van der Waals surface area contributed by atoms with Gasteiger partial charge in [-0.05, 0) is 13.8 Å². The van der Waals surface area contributed by atoms with Gasteiger partial charge in [-0.15, -0.1) is 0 Å². The van der Waals surface area contributed by atoms with Crippen LogP contribution >= 0.6 is 0 Å². The number of carboxylic acids is 1. The maximum atomic E-state index is 12.3. The number of hydrogen-bond donors (Lipinski definition) is 3. The Labute approximate surface area is 123 Å². The van der Waals surface area contributed by atoms with Crippen LogP contribution in [0.25, 0.3) is 0 Å². The Balaban J connectivity index is 3.09. The van der Waals surface area contributed by atoms with Gasteiger partial charge in [0, 0.05) is 18.6 Å². The zero-order valence-electron chi connectivity index (χ0n) is 12.5. The summed E-state index contributed by atoms with van der Waals surface area (Å²) in [4.78, 5) is 10.7. The number of hydrogen-bond acceptors (Lipinski definition) is 5. The van der Waals surface area contributed by atoms with Gasteiger partial charge in [0.25, 0.3) is 0 Å². The highest BCUT2D eigenvalue weighted by atomic mass is 32.2. The summed E-state index contributed by atoms with van der Waals surface area (Å²) in [7, 11) is -3.82. The van der Waals surface area contributed by atoms with E-state index in [2.05, 4.69) is 9.82 Å². The second-order valence-corrected chi connectivity index (χ2v) is 7.40. The average molecular weight is 319 g/mol. The van der Waals surface area contributed by atoms with Crippen molar-refractivity contribution in [3.05, 3.63) is 11.4 Å². The third-order valence-corrected chi connectivity index (χ3v) is 4.69. The van der Waals surface area contributed by atoms with E-state index in [-0.39, 0.29) is 29.4 Å². The molecule has 0 amide bonds. The molecule has 1 heterocycles. The molecule has 8 nitrogen and oxygen atoms in total. The van der Waals surface area contributed by atoms with Crippen LogP contribution in [0.1, 0.15) is 25.2 Å². The fourth-order valence-corrected chi connectivity index (χ4v) is 3.42. The van der Waals surface area contributed by atoms with Gasteiger partial charge in [-0.25, -0.2) is 13.1 Å². The Morgan fingerprint density at radius 3 is 2.43 bits per heavy atom. The van der Waals surface area contributed by atoms with E-state index in [4.69, 9.17) is 10.2 Å². The van der Waals surface area contributed by atoms with Gasteiger partial charge in [0.15, 0.2) is 0 Å². The van der Waals surface area contributed by atoms with Gasteiger partial charge < -0.3 is 10.2 Å². The predicted molar refractivity (Wildman–Crippen MR) is 75.4 cm³/mol. The lowest BCUT2D eigenvalue weighted by Gasteiger charge is -2.21. The van der Waals surface area contributed by atoms with Gasteiger partial charge in [0.05, 0.1) is 11.4 Å². The molecule has 0 aromatic carbocycles. The van der Waals surface area contributed by atoms with Gasteiger partial charge in [-0.3, -0.25) is 9.48 Å². The van der Waals surface area contributed by atoms with E-state index in [1.54, 1.807) is 13.8 Å². The topological polar surface area (TPSA) is 122 Å². The van der Waals surface area contributed by atoms with Crippen molar-refractivity contribution in [2.75, 3.05) is 13.2 Å². The maximum Gasteiger partial charge on any atom is 0.325 e. The molecular weight excluding hydrogens is 298 g/mol. The first kappa shape index (κ1) is 17.6. The SMILES string of the molecule is Cc1nn(CC(=O)O)c(C)c1S(=O)(=O)NCC(C)(C)CO. The van der Waals surface area contributed by atoms with Crippen LogP contribution in [0.5, 0.6) is 0 Å². The Bertz CT molecular complexity index is 634. The zero-order chi connectivity index (χ0) is 16.4. The molecule has 0 saturated heterocycles. The monoisotopic (exact) mass is 319 g/mol. The first-order valence-electron chi connectivity index (χ1n) is 6.36. The second kappa shape index (κ2) is 6.12. The Hall–Kier alpha value is -1.45. The van der Waals surface area contributed by atoms with Gasteiger partial charge in [0.1, 0.15) is 11.4 Å². The number of aryl methyl sites for hydroxylation is 1. The quantitative estimate of drug-likeness (QED) is 0.644. The molecule has 0 fully saturated rings. The van der Waals surface area contributed by atoms with Crippen LogP contribution in [-0.4, -0.2) is 47.5 Å². The highest BCUT2D eigenvalue weighted by Gasteiger charge is 2.27. The molecule has 0 aliphatic rings. The molecule has 21 heavy (non-hydrogen) atoms. The van der Waals surface area contributed by atoms with Crippen LogP contribution in [0.2, 0.25) is 0 Å². The van der Waals surface area contributed by atoms with Crippen LogP contribution in [0.4, 0.5) is 0 Å². The Morgan fingerprint density at radius 2 is 1.95 bits per heavy atom. The number of aliphatic hydroxyl groups excluding tert-OH is 1. The van der Waals surface area contributed by atoms with Crippen LogP contribution < -0.4 is 4.72 Å². The van der Waals surface area contributed by atoms with E-state index < -0.39 is 28.0 Å². The first-order valence-corrected chi connectivity index (χ1v) is 7.85. The summed E-state index contributed by atoms with van der Waals surface area (Å²) in [5, 5.41) is 21.9. The summed E-state index contributed by atoms with van der Waals surface area (Å²) < 4.78 is 28.3. The van der Waals surface area contributed by atoms with Crippen molar-refractivity contribution >= 4 is 16.0 Å². The lowest BCUT2D eigenvalue weighted by Crippen LogP contribution is -2.36. The van der Waals surface area contributed by atoms with Crippen LogP contribution in [0, 0.1) is 19.3 Å². The summed E-state index contributed by atoms with van der Waals surface area (Å²) in [5.41, 5.74) is -0.0846. The summed E-state index contributed by atoms with van der Waals surface area (Å²) in [6, 6.07) is 0. The minimum atomic E-state index is -3.82. The van der Waals surface area contributed by atoms with Crippen LogP contribution in [-0.2, 0) is 21.4 Å². The van der Waals surface area contributed by atoms with Crippen molar-refractivity contribution < 1.29 is 23.4 Å². The van der Waals surface area contributed by atoms with Crippen molar-refractivity contribution in [1.29, 1.82) is 0 Å². The maximum absolute atomic E-state index is 12.3.